The zero-order valence-corrected chi connectivity index (χ0v) is 11.8. The van der Waals surface area contributed by atoms with Crippen molar-refractivity contribution in [2.75, 3.05) is 0 Å². The summed E-state index contributed by atoms with van der Waals surface area (Å²) in [5.74, 6) is 0. The van der Waals surface area contributed by atoms with Crippen molar-refractivity contribution < 1.29 is 0 Å². The van der Waals surface area contributed by atoms with Gasteiger partial charge in [0.2, 0.25) is 0 Å². The largest absolute Gasteiger partial charge is 0.324 e. The molecule has 3 rings (SSSR count). The van der Waals surface area contributed by atoms with E-state index in [1.165, 1.54) is 5.56 Å². The second-order valence-corrected chi connectivity index (χ2v) is 5.36. The first-order valence-corrected chi connectivity index (χ1v) is 6.80. The predicted octanol–water partition coefficient (Wildman–Crippen LogP) is 2.73. The summed E-state index contributed by atoms with van der Waals surface area (Å²) in [6, 6.07) is 8.10. The van der Waals surface area contributed by atoms with Crippen LogP contribution in [0.2, 0.25) is 0 Å². The van der Waals surface area contributed by atoms with E-state index in [-0.39, 0.29) is 6.04 Å². The minimum atomic E-state index is -0.0870. The van der Waals surface area contributed by atoms with Crippen LogP contribution in [-0.4, -0.2) is 14.6 Å². The van der Waals surface area contributed by atoms with Crippen molar-refractivity contribution in [2.24, 2.45) is 5.73 Å². The second-order valence-electron chi connectivity index (χ2n) is 4.45. The molecule has 0 aliphatic rings. The van der Waals surface area contributed by atoms with Crippen LogP contribution in [0.3, 0.4) is 0 Å². The van der Waals surface area contributed by atoms with Gasteiger partial charge in [-0.3, -0.25) is 4.98 Å². The van der Waals surface area contributed by atoms with Crippen LogP contribution in [0.5, 0.6) is 0 Å². The average Bonchev–Trinajstić information content (AvgIpc) is 2.82. The third-order valence-corrected chi connectivity index (χ3v) is 3.59. The monoisotopic (exact) mass is 316 g/mol. The summed E-state index contributed by atoms with van der Waals surface area (Å²) < 4.78 is 2.86. The Morgan fingerprint density at radius 3 is 3.05 bits per heavy atom. The fraction of sp³-hybridized carbons (Fsp3) is 0.143. The SMILES string of the molecule is NC(Cc1cccc(Br)c1)c1cnn2ccncc12. The van der Waals surface area contributed by atoms with Crippen LogP contribution in [0.1, 0.15) is 17.2 Å². The number of benzene rings is 1. The Morgan fingerprint density at radius 2 is 2.21 bits per heavy atom. The predicted molar refractivity (Wildman–Crippen MR) is 77.8 cm³/mol. The summed E-state index contributed by atoms with van der Waals surface area (Å²) in [6.07, 6.45) is 7.92. The molecule has 0 spiro atoms. The Balaban J connectivity index is 1.90. The molecule has 2 N–H and O–H groups in total. The van der Waals surface area contributed by atoms with Crippen molar-refractivity contribution in [1.82, 2.24) is 14.6 Å². The van der Waals surface area contributed by atoms with Gasteiger partial charge in [-0.15, -0.1) is 0 Å². The van der Waals surface area contributed by atoms with Gasteiger partial charge in [-0.05, 0) is 24.1 Å². The fourth-order valence-corrected chi connectivity index (χ4v) is 2.61. The molecule has 1 atom stereocenters. The van der Waals surface area contributed by atoms with Gasteiger partial charge in [-0.2, -0.15) is 5.10 Å². The lowest BCUT2D eigenvalue weighted by molar-refractivity contribution is 0.727. The maximum atomic E-state index is 6.29. The normalized spacial score (nSPS) is 12.7. The molecule has 2 heterocycles. The molecule has 4 nitrogen and oxygen atoms in total. The summed E-state index contributed by atoms with van der Waals surface area (Å²) in [7, 11) is 0. The Morgan fingerprint density at radius 1 is 1.32 bits per heavy atom. The maximum Gasteiger partial charge on any atom is 0.0892 e. The zero-order chi connectivity index (χ0) is 13.2. The van der Waals surface area contributed by atoms with Crippen LogP contribution in [0.4, 0.5) is 0 Å². The minimum absolute atomic E-state index is 0.0870. The summed E-state index contributed by atoms with van der Waals surface area (Å²) in [4.78, 5) is 4.13. The van der Waals surface area contributed by atoms with E-state index in [1.807, 2.05) is 24.5 Å². The summed E-state index contributed by atoms with van der Waals surface area (Å²) in [5.41, 5.74) is 9.47. The third-order valence-electron chi connectivity index (χ3n) is 3.10. The highest BCUT2D eigenvalue weighted by Crippen LogP contribution is 2.21. The molecule has 0 amide bonds. The van der Waals surface area contributed by atoms with Crippen LogP contribution in [0.15, 0.2) is 53.5 Å². The van der Waals surface area contributed by atoms with E-state index < -0.39 is 0 Å². The number of halogens is 1. The number of fused-ring (bicyclic) bond motifs is 1. The quantitative estimate of drug-likeness (QED) is 0.808. The lowest BCUT2D eigenvalue weighted by atomic mass is 10.0. The van der Waals surface area contributed by atoms with Crippen LogP contribution in [0, 0.1) is 0 Å². The summed E-state index contributed by atoms with van der Waals surface area (Å²) in [5, 5.41) is 4.29. The number of hydrogen-bond acceptors (Lipinski definition) is 3. The van der Waals surface area contributed by atoms with E-state index >= 15 is 0 Å². The van der Waals surface area contributed by atoms with Gasteiger partial charge in [0.1, 0.15) is 0 Å². The first-order valence-electron chi connectivity index (χ1n) is 6.01. The number of rotatable bonds is 3. The van der Waals surface area contributed by atoms with Crippen LogP contribution < -0.4 is 5.73 Å². The highest BCUT2D eigenvalue weighted by molar-refractivity contribution is 9.10. The maximum absolute atomic E-state index is 6.29. The Labute approximate surface area is 119 Å². The Kier molecular flexibility index (Phi) is 3.31. The van der Waals surface area contributed by atoms with Crippen LogP contribution in [0.25, 0.3) is 5.52 Å². The van der Waals surface area contributed by atoms with Gasteiger partial charge >= 0.3 is 0 Å². The van der Waals surface area contributed by atoms with Crippen molar-refractivity contribution in [3.05, 3.63) is 64.7 Å². The summed E-state index contributed by atoms with van der Waals surface area (Å²) in [6.45, 7) is 0. The molecule has 96 valence electrons. The van der Waals surface area contributed by atoms with Gasteiger partial charge in [0.25, 0.3) is 0 Å². The molecule has 5 heteroatoms. The molecule has 0 aliphatic heterocycles. The number of aromatic nitrogens is 3. The first kappa shape index (κ1) is 12.3. The molecular weight excluding hydrogens is 304 g/mol. The average molecular weight is 317 g/mol. The number of hydrogen-bond donors (Lipinski definition) is 1. The van der Waals surface area contributed by atoms with Gasteiger partial charge in [-0.1, -0.05) is 28.1 Å². The van der Waals surface area contributed by atoms with Crippen molar-refractivity contribution >= 4 is 21.4 Å². The second kappa shape index (κ2) is 5.11. The highest BCUT2D eigenvalue weighted by atomic mass is 79.9. The van der Waals surface area contributed by atoms with Crippen molar-refractivity contribution in [1.29, 1.82) is 0 Å². The minimum Gasteiger partial charge on any atom is -0.324 e. The van der Waals surface area contributed by atoms with Crippen LogP contribution in [-0.2, 0) is 6.42 Å². The zero-order valence-electron chi connectivity index (χ0n) is 10.2. The van der Waals surface area contributed by atoms with Gasteiger partial charge < -0.3 is 5.73 Å². The van der Waals surface area contributed by atoms with E-state index in [4.69, 9.17) is 5.73 Å². The molecule has 0 bridgehead atoms. The van der Waals surface area contributed by atoms with Crippen molar-refractivity contribution in [3.63, 3.8) is 0 Å². The van der Waals surface area contributed by atoms with E-state index in [9.17, 15) is 0 Å². The smallest absolute Gasteiger partial charge is 0.0892 e. The number of nitrogens with two attached hydrogens (primary N) is 1. The molecule has 0 radical (unpaired) electrons. The van der Waals surface area contributed by atoms with Gasteiger partial charge in [-0.25, -0.2) is 4.52 Å². The highest BCUT2D eigenvalue weighted by Gasteiger charge is 2.13. The Bertz CT molecular complexity index is 707. The molecule has 3 aromatic rings. The lowest BCUT2D eigenvalue weighted by Crippen LogP contribution is -2.13. The Hall–Kier alpha value is -1.72. The topological polar surface area (TPSA) is 56.2 Å². The molecule has 0 aliphatic carbocycles. The van der Waals surface area contributed by atoms with Crippen molar-refractivity contribution in [2.45, 2.75) is 12.5 Å². The number of nitrogens with zero attached hydrogens (tertiary/aromatic N) is 3. The fourth-order valence-electron chi connectivity index (χ4n) is 2.17. The van der Waals surface area contributed by atoms with E-state index in [0.717, 1.165) is 22.0 Å². The van der Waals surface area contributed by atoms with Crippen LogP contribution >= 0.6 is 15.9 Å². The van der Waals surface area contributed by atoms with E-state index in [2.05, 4.69) is 38.1 Å². The standard InChI is InChI=1S/C14H13BrN4/c15-11-3-1-2-10(6-11)7-13(16)12-8-18-19-5-4-17-9-14(12)19/h1-6,8-9,13H,7,16H2. The molecule has 2 aromatic heterocycles. The molecule has 1 aromatic carbocycles. The molecule has 1 unspecified atom stereocenters. The van der Waals surface area contributed by atoms with Crippen molar-refractivity contribution in [3.8, 4) is 0 Å². The molecular formula is C14H13BrN4. The van der Waals surface area contributed by atoms with E-state index in [0.29, 0.717) is 0 Å². The van der Waals surface area contributed by atoms with E-state index in [1.54, 1.807) is 16.9 Å². The van der Waals surface area contributed by atoms with Gasteiger partial charge in [0.05, 0.1) is 17.9 Å². The summed E-state index contributed by atoms with van der Waals surface area (Å²) >= 11 is 3.47. The molecule has 0 fully saturated rings. The molecule has 19 heavy (non-hydrogen) atoms. The molecule has 0 saturated carbocycles. The third kappa shape index (κ3) is 2.52. The van der Waals surface area contributed by atoms with Gasteiger partial charge in [0, 0.05) is 28.5 Å². The first-order chi connectivity index (χ1) is 9.24. The molecule has 0 saturated heterocycles. The lowest BCUT2D eigenvalue weighted by Gasteiger charge is -2.10. The van der Waals surface area contributed by atoms with Gasteiger partial charge in [0.15, 0.2) is 0 Å².